The lowest BCUT2D eigenvalue weighted by Gasteiger charge is -2.20. The molecule has 0 N–H and O–H groups in total. The zero-order valence-corrected chi connectivity index (χ0v) is 8.44. The third kappa shape index (κ3) is 1.26. The van der Waals surface area contributed by atoms with Gasteiger partial charge in [-0.2, -0.15) is 0 Å². The molecule has 1 saturated heterocycles. The van der Waals surface area contributed by atoms with E-state index in [0.29, 0.717) is 0 Å². The Labute approximate surface area is 84.5 Å². The molecule has 1 saturated carbocycles. The van der Waals surface area contributed by atoms with Crippen LogP contribution >= 0.6 is 0 Å². The molecule has 2 aliphatic rings. The van der Waals surface area contributed by atoms with Crippen LogP contribution in [0.15, 0.2) is 24.3 Å². The third-order valence-corrected chi connectivity index (χ3v) is 3.40. The molecule has 74 valence electrons. The first-order valence-electron chi connectivity index (χ1n) is 5.26. The number of methoxy groups -OCH3 is 1. The molecular weight excluding hydrogens is 174 g/mol. The summed E-state index contributed by atoms with van der Waals surface area (Å²) in [6, 6.07) is 8.37. The number of fused-ring (bicyclic) bond motifs is 1. The van der Waals surface area contributed by atoms with Gasteiger partial charge >= 0.3 is 0 Å². The maximum atomic E-state index is 5.23. The van der Waals surface area contributed by atoms with E-state index in [4.69, 9.17) is 4.74 Å². The van der Waals surface area contributed by atoms with Gasteiger partial charge in [0, 0.05) is 24.8 Å². The molecule has 2 unspecified atom stereocenters. The molecule has 3 rings (SSSR count). The molecule has 1 aliphatic heterocycles. The van der Waals surface area contributed by atoms with Gasteiger partial charge in [0.25, 0.3) is 0 Å². The number of ether oxygens (including phenoxy) is 1. The van der Waals surface area contributed by atoms with Crippen LogP contribution in [0.1, 0.15) is 6.42 Å². The Bertz CT molecular complexity index is 340. The van der Waals surface area contributed by atoms with Crippen LogP contribution in [0, 0.1) is 11.8 Å². The van der Waals surface area contributed by atoms with E-state index in [1.165, 1.54) is 25.2 Å². The lowest BCUT2D eigenvalue weighted by atomic mass is 10.2. The Hall–Kier alpha value is -1.18. The Morgan fingerprint density at radius 2 is 2.07 bits per heavy atom. The standard InChI is InChI=1S/C12H15NO/c1-14-12-4-2-3-11(6-12)13-7-9-5-10(9)8-13/h2-4,6,9-10H,5,7-8H2,1H3. The number of hydrogen-bond acceptors (Lipinski definition) is 2. The van der Waals surface area contributed by atoms with E-state index in [-0.39, 0.29) is 0 Å². The first-order chi connectivity index (χ1) is 6.86. The highest BCUT2D eigenvalue weighted by atomic mass is 16.5. The second-order valence-corrected chi connectivity index (χ2v) is 4.36. The van der Waals surface area contributed by atoms with Crippen molar-refractivity contribution in [1.82, 2.24) is 0 Å². The second-order valence-electron chi connectivity index (χ2n) is 4.36. The summed E-state index contributed by atoms with van der Waals surface area (Å²) in [7, 11) is 1.72. The minimum absolute atomic E-state index is 0.961. The zero-order chi connectivity index (χ0) is 9.54. The lowest BCUT2D eigenvalue weighted by molar-refractivity contribution is 0.415. The van der Waals surface area contributed by atoms with Gasteiger partial charge in [0.05, 0.1) is 7.11 Å². The smallest absolute Gasteiger partial charge is 0.120 e. The summed E-state index contributed by atoms with van der Waals surface area (Å²) in [4.78, 5) is 2.47. The molecule has 0 aromatic heterocycles. The monoisotopic (exact) mass is 189 g/mol. The fourth-order valence-corrected chi connectivity index (χ4v) is 2.42. The van der Waals surface area contributed by atoms with E-state index < -0.39 is 0 Å². The third-order valence-electron chi connectivity index (χ3n) is 3.40. The topological polar surface area (TPSA) is 12.5 Å². The van der Waals surface area contributed by atoms with Crippen molar-refractivity contribution in [3.63, 3.8) is 0 Å². The second kappa shape index (κ2) is 2.91. The van der Waals surface area contributed by atoms with Crippen LogP contribution in [0.25, 0.3) is 0 Å². The highest BCUT2D eigenvalue weighted by Crippen LogP contribution is 2.46. The minimum Gasteiger partial charge on any atom is -0.497 e. The van der Waals surface area contributed by atoms with E-state index in [0.717, 1.165) is 17.6 Å². The highest BCUT2D eigenvalue weighted by Gasteiger charge is 2.45. The van der Waals surface area contributed by atoms with Crippen molar-refractivity contribution in [3.05, 3.63) is 24.3 Å². The first-order valence-corrected chi connectivity index (χ1v) is 5.26. The summed E-state index contributed by atoms with van der Waals surface area (Å²) in [6.07, 6.45) is 1.46. The number of piperidine rings is 1. The fourth-order valence-electron chi connectivity index (χ4n) is 2.42. The van der Waals surface area contributed by atoms with Crippen molar-refractivity contribution in [2.24, 2.45) is 11.8 Å². The van der Waals surface area contributed by atoms with Gasteiger partial charge in [-0.3, -0.25) is 0 Å². The number of benzene rings is 1. The van der Waals surface area contributed by atoms with Crippen LogP contribution in [0.5, 0.6) is 5.75 Å². The van der Waals surface area contributed by atoms with Crippen LogP contribution in [0.4, 0.5) is 5.69 Å². The molecule has 1 aliphatic carbocycles. The van der Waals surface area contributed by atoms with Crippen molar-refractivity contribution in [2.45, 2.75) is 6.42 Å². The van der Waals surface area contributed by atoms with Crippen molar-refractivity contribution >= 4 is 5.69 Å². The molecule has 2 atom stereocenters. The van der Waals surface area contributed by atoms with Crippen molar-refractivity contribution in [3.8, 4) is 5.75 Å². The Morgan fingerprint density at radius 3 is 2.79 bits per heavy atom. The average Bonchev–Trinajstić information content (AvgIpc) is 2.86. The van der Waals surface area contributed by atoms with Crippen LogP contribution in [0.2, 0.25) is 0 Å². The molecule has 2 heteroatoms. The molecule has 1 heterocycles. The number of anilines is 1. The summed E-state index contributed by atoms with van der Waals surface area (Å²) < 4.78 is 5.23. The quantitative estimate of drug-likeness (QED) is 0.706. The van der Waals surface area contributed by atoms with Gasteiger partial charge in [-0.05, 0) is 30.4 Å². The first kappa shape index (κ1) is 8.16. The molecule has 1 aromatic rings. The Morgan fingerprint density at radius 1 is 1.29 bits per heavy atom. The van der Waals surface area contributed by atoms with E-state index in [9.17, 15) is 0 Å². The van der Waals surface area contributed by atoms with E-state index in [2.05, 4.69) is 23.1 Å². The molecule has 2 fully saturated rings. The van der Waals surface area contributed by atoms with Crippen LogP contribution in [-0.4, -0.2) is 20.2 Å². The largest absolute Gasteiger partial charge is 0.497 e. The molecule has 0 bridgehead atoms. The predicted molar refractivity (Wildman–Crippen MR) is 56.8 cm³/mol. The summed E-state index contributed by atoms with van der Waals surface area (Å²) in [5, 5.41) is 0. The molecule has 0 amide bonds. The Balaban J connectivity index is 1.81. The molecule has 1 aromatic carbocycles. The minimum atomic E-state index is 0.961. The van der Waals surface area contributed by atoms with Gasteiger partial charge in [-0.1, -0.05) is 6.07 Å². The van der Waals surface area contributed by atoms with Crippen LogP contribution in [-0.2, 0) is 0 Å². The van der Waals surface area contributed by atoms with Crippen molar-refractivity contribution < 1.29 is 4.74 Å². The van der Waals surface area contributed by atoms with Gasteiger partial charge in [0.1, 0.15) is 5.75 Å². The zero-order valence-electron chi connectivity index (χ0n) is 8.44. The van der Waals surface area contributed by atoms with Gasteiger partial charge < -0.3 is 9.64 Å². The van der Waals surface area contributed by atoms with Crippen molar-refractivity contribution in [1.29, 1.82) is 0 Å². The van der Waals surface area contributed by atoms with Gasteiger partial charge in [-0.15, -0.1) is 0 Å². The Kier molecular flexibility index (Phi) is 1.69. The molecular formula is C12H15NO. The molecule has 0 spiro atoms. The molecule has 0 radical (unpaired) electrons. The predicted octanol–water partition coefficient (Wildman–Crippen LogP) is 2.15. The van der Waals surface area contributed by atoms with E-state index in [1.807, 2.05) is 6.07 Å². The van der Waals surface area contributed by atoms with Gasteiger partial charge in [-0.25, -0.2) is 0 Å². The van der Waals surface area contributed by atoms with Crippen molar-refractivity contribution in [2.75, 3.05) is 25.1 Å². The lowest BCUT2D eigenvalue weighted by Crippen LogP contribution is -2.21. The van der Waals surface area contributed by atoms with Crippen LogP contribution in [0.3, 0.4) is 0 Å². The SMILES string of the molecule is COc1cccc(N2CC3CC3C2)c1. The fraction of sp³-hybridized carbons (Fsp3) is 0.500. The summed E-state index contributed by atoms with van der Waals surface area (Å²) in [5.74, 6) is 2.94. The van der Waals surface area contributed by atoms with Gasteiger partial charge in [0.2, 0.25) is 0 Å². The van der Waals surface area contributed by atoms with Gasteiger partial charge in [0.15, 0.2) is 0 Å². The molecule has 2 nitrogen and oxygen atoms in total. The highest BCUT2D eigenvalue weighted by molar-refractivity contribution is 5.52. The maximum absolute atomic E-state index is 5.23. The summed E-state index contributed by atoms with van der Waals surface area (Å²) >= 11 is 0. The van der Waals surface area contributed by atoms with Crippen LogP contribution < -0.4 is 9.64 Å². The van der Waals surface area contributed by atoms with E-state index >= 15 is 0 Å². The number of hydrogen-bond donors (Lipinski definition) is 0. The normalized spacial score (nSPS) is 28.8. The number of nitrogens with zero attached hydrogens (tertiary/aromatic N) is 1. The average molecular weight is 189 g/mol. The molecule has 14 heavy (non-hydrogen) atoms. The maximum Gasteiger partial charge on any atom is 0.120 e. The number of rotatable bonds is 2. The summed E-state index contributed by atoms with van der Waals surface area (Å²) in [6.45, 7) is 2.50. The summed E-state index contributed by atoms with van der Waals surface area (Å²) in [5.41, 5.74) is 1.32. The van der Waals surface area contributed by atoms with E-state index in [1.54, 1.807) is 7.11 Å².